The van der Waals surface area contributed by atoms with Crippen molar-refractivity contribution in [3.05, 3.63) is 15.8 Å². The van der Waals surface area contributed by atoms with Crippen LogP contribution in [-0.2, 0) is 4.79 Å². The van der Waals surface area contributed by atoms with Crippen molar-refractivity contribution in [2.24, 2.45) is 0 Å². The molecule has 0 aromatic carbocycles. The Balaban J connectivity index is 1.98. The molecule has 20 heavy (non-hydrogen) atoms. The van der Waals surface area contributed by atoms with E-state index in [-0.39, 0.29) is 28.4 Å². The number of hydrogen-bond donors (Lipinski definition) is 1. The number of aromatic nitrogens is 2. The summed E-state index contributed by atoms with van der Waals surface area (Å²) in [5, 5.41) is 17.7. The third kappa shape index (κ3) is 3.12. The summed E-state index contributed by atoms with van der Waals surface area (Å²) in [6.07, 6.45) is 3.21. The summed E-state index contributed by atoms with van der Waals surface area (Å²) in [4.78, 5) is 24.5. The number of H-pyrrole nitrogens is 1. The molecule has 1 saturated heterocycles. The molecule has 0 spiro atoms. The Morgan fingerprint density at radius 2 is 2.35 bits per heavy atom. The molecule has 1 N–H and O–H groups in total. The van der Waals surface area contributed by atoms with Crippen molar-refractivity contribution in [1.29, 1.82) is 0 Å². The average Bonchev–Trinajstić information content (AvgIpc) is 2.78. The van der Waals surface area contributed by atoms with Gasteiger partial charge in [0.15, 0.2) is 5.03 Å². The molecule has 2 heterocycles. The molecule has 1 amide bonds. The van der Waals surface area contributed by atoms with E-state index in [0.29, 0.717) is 5.69 Å². The fourth-order valence-electron chi connectivity index (χ4n) is 2.40. The van der Waals surface area contributed by atoms with Crippen LogP contribution in [0.4, 0.5) is 5.69 Å². The van der Waals surface area contributed by atoms with Gasteiger partial charge < -0.3 is 4.90 Å². The number of aromatic amines is 1. The molecule has 0 bridgehead atoms. The Morgan fingerprint density at radius 3 is 3.00 bits per heavy atom. The van der Waals surface area contributed by atoms with Crippen molar-refractivity contribution in [3.63, 3.8) is 0 Å². The summed E-state index contributed by atoms with van der Waals surface area (Å²) in [5.41, 5.74) is 0.380. The van der Waals surface area contributed by atoms with Crippen molar-refractivity contribution in [1.82, 2.24) is 15.1 Å². The zero-order chi connectivity index (χ0) is 14.7. The molecule has 1 aromatic heterocycles. The zero-order valence-corrected chi connectivity index (χ0v) is 12.4. The smallest absolute Gasteiger partial charge is 0.323 e. The fourth-order valence-corrected chi connectivity index (χ4v) is 3.30. The van der Waals surface area contributed by atoms with Crippen LogP contribution in [0.3, 0.4) is 0 Å². The quantitative estimate of drug-likeness (QED) is 0.522. The molecule has 2 rings (SSSR count). The molecule has 1 atom stereocenters. The van der Waals surface area contributed by atoms with E-state index in [1.807, 2.05) is 11.8 Å². The van der Waals surface area contributed by atoms with E-state index in [1.165, 1.54) is 0 Å². The van der Waals surface area contributed by atoms with Crippen molar-refractivity contribution >= 4 is 23.4 Å². The molecule has 1 aliphatic heterocycles. The van der Waals surface area contributed by atoms with E-state index in [1.54, 1.807) is 6.92 Å². The molecule has 7 nitrogen and oxygen atoms in total. The highest BCUT2D eigenvalue weighted by atomic mass is 32.2. The number of aryl methyl sites for hydroxylation is 1. The SMILES string of the molecule is Cc1[nH]nc(SCC(=O)N2CCCC[C@@H]2C)c1[N+](=O)[O-]. The molecule has 0 saturated carbocycles. The highest BCUT2D eigenvalue weighted by molar-refractivity contribution is 8.00. The number of carbonyl (C=O) groups excluding carboxylic acids is 1. The molecule has 110 valence electrons. The van der Waals surface area contributed by atoms with Gasteiger partial charge in [0.25, 0.3) is 0 Å². The number of thioether (sulfide) groups is 1. The molecule has 1 aliphatic rings. The van der Waals surface area contributed by atoms with Gasteiger partial charge in [0, 0.05) is 12.6 Å². The number of likely N-dealkylation sites (tertiary alicyclic amines) is 1. The number of nitro groups is 1. The summed E-state index contributed by atoms with van der Waals surface area (Å²) >= 11 is 1.12. The summed E-state index contributed by atoms with van der Waals surface area (Å²) in [6, 6.07) is 0.257. The molecule has 0 radical (unpaired) electrons. The maximum atomic E-state index is 12.2. The number of nitrogens with zero attached hydrogens (tertiary/aromatic N) is 3. The largest absolute Gasteiger partial charge is 0.339 e. The maximum absolute atomic E-state index is 12.2. The highest BCUT2D eigenvalue weighted by Crippen LogP contribution is 2.30. The van der Waals surface area contributed by atoms with E-state index in [4.69, 9.17) is 0 Å². The predicted octanol–water partition coefficient (Wildman–Crippen LogP) is 2.12. The second kappa shape index (κ2) is 6.25. The lowest BCUT2D eigenvalue weighted by atomic mass is 10.0. The number of rotatable bonds is 4. The minimum Gasteiger partial charge on any atom is -0.339 e. The first kappa shape index (κ1) is 14.8. The van der Waals surface area contributed by atoms with Crippen molar-refractivity contribution in [2.45, 2.75) is 44.2 Å². The molecule has 0 unspecified atom stereocenters. The average molecular weight is 298 g/mol. The van der Waals surface area contributed by atoms with Gasteiger partial charge in [-0.3, -0.25) is 20.0 Å². The molecular formula is C12H18N4O3S. The normalized spacial score (nSPS) is 19.1. The van der Waals surface area contributed by atoms with Gasteiger partial charge >= 0.3 is 5.69 Å². The summed E-state index contributed by atoms with van der Waals surface area (Å²) in [5.74, 6) is 0.215. The molecule has 8 heteroatoms. The number of piperidine rings is 1. The fraction of sp³-hybridized carbons (Fsp3) is 0.667. The van der Waals surface area contributed by atoms with E-state index < -0.39 is 4.92 Å². The Bertz CT molecular complexity index is 517. The topological polar surface area (TPSA) is 92.1 Å². The first-order valence-corrected chi connectivity index (χ1v) is 7.61. The standard InChI is InChI=1S/C12H18N4O3S/c1-8-5-3-4-6-15(8)10(17)7-20-12-11(16(18)19)9(2)13-14-12/h8H,3-7H2,1-2H3,(H,13,14)/t8-/m0/s1. The van der Waals surface area contributed by atoms with E-state index >= 15 is 0 Å². The minimum atomic E-state index is -0.463. The Kier molecular flexibility index (Phi) is 4.64. The molecule has 0 aliphatic carbocycles. The second-order valence-electron chi connectivity index (χ2n) is 4.98. The van der Waals surface area contributed by atoms with Gasteiger partial charge in [-0.15, -0.1) is 0 Å². The van der Waals surface area contributed by atoms with Crippen LogP contribution in [0.15, 0.2) is 5.03 Å². The summed E-state index contributed by atoms with van der Waals surface area (Å²) < 4.78 is 0. The predicted molar refractivity (Wildman–Crippen MR) is 75.7 cm³/mol. The van der Waals surface area contributed by atoms with Crippen LogP contribution < -0.4 is 0 Å². The first-order valence-electron chi connectivity index (χ1n) is 6.62. The number of amides is 1. The Morgan fingerprint density at radius 1 is 1.60 bits per heavy atom. The molecule has 1 fully saturated rings. The monoisotopic (exact) mass is 298 g/mol. The zero-order valence-electron chi connectivity index (χ0n) is 11.6. The number of hydrogen-bond acceptors (Lipinski definition) is 5. The van der Waals surface area contributed by atoms with Gasteiger partial charge in [0.2, 0.25) is 5.91 Å². The van der Waals surface area contributed by atoms with E-state index in [0.717, 1.165) is 37.6 Å². The van der Waals surface area contributed by atoms with Gasteiger partial charge in [0.1, 0.15) is 5.69 Å². The minimum absolute atomic E-state index is 0.0251. The van der Waals surface area contributed by atoms with Crippen LogP contribution in [0.25, 0.3) is 0 Å². The maximum Gasteiger partial charge on any atom is 0.323 e. The van der Waals surface area contributed by atoms with Crippen LogP contribution in [0, 0.1) is 17.0 Å². The summed E-state index contributed by atoms with van der Waals surface area (Å²) in [6.45, 7) is 4.43. The molecular weight excluding hydrogens is 280 g/mol. The van der Waals surface area contributed by atoms with Gasteiger partial charge in [-0.2, -0.15) is 5.10 Å². The van der Waals surface area contributed by atoms with Crippen molar-refractivity contribution in [2.75, 3.05) is 12.3 Å². The molecule has 1 aromatic rings. The lowest BCUT2D eigenvalue weighted by Gasteiger charge is -2.33. The van der Waals surface area contributed by atoms with E-state index in [2.05, 4.69) is 10.2 Å². The van der Waals surface area contributed by atoms with Crippen molar-refractivity contribution < 1.29 is 9.72 Å². The third-order valence-corrected chi connectivity index (χ3v) is 4.47. The third-order valence-electron chi connectivity index (χ3n) is 3.52. The summed E-state index contributed by atoms with van der Waals surface area (Å²) in [7, 11) is 0. The van der Waals surface area contributed by atoms with Crippen LogP contribution in [-0.4, -0.2) is 44.3 Å². The van der Waals surface area contributed by atoms with Crippen LogP contribution in [0.2, 0.25) is 0 Å². The van der Waals surface area contributed by atoms with Gasteiger partial charge in [-0.1, -0.05) is 11.8 Å². The second-order valence-corrected chi connectivity index (χ2v) is 5.94. The van der Waals surface area contributed by atoms with Crippen LogP contribution >= 0.6 is 11.8 Å². The Hall–Kier alpha value is -1.57. The van der Waals surface area contributed by atoms with Crippen molar-refractivity contribution in [3.8, 4) is 0 Å². The highest BCUT2D eigenvalue weighted by Gasteiger charge is 2.26. The van der Waals surface area contributed by atoms with E-state index in [9.17, 15) is 14.9 Å². The van der Waals surface area contributed by atoms with Crippen LogP contribution in [0.1, 0.15) is 31.9 Å². The lowest BCUT2D eigenvalue weighted by molar-refractivity contribution is -0.388. The van der Waals surface area contributed by atoms with Crippen LogP contribution in [0.5, 0.6) is 0 Å². The Labute approximate surface area is 121 Å². The lowest BCUT2D eigenvalue weighted by Crippen LogP contribution is -2.42. The van der Waals surface area contributed by atoms with Gasteiger partial charge in [0.05, 0.1) is 10.7 Å². The number of nitrogens with one attached hydrogen (secondary N) is 1. The number of carbonyl (C=O) groups is 1. The van der Waals surface area contributed by atoms with Gasteiger partial charge in [-0.25, -0.2) is 0 Å². The van der Waals surface area contributed by atoms with Gasteiger partial charge in [-0.05, 0) is 33.1 Å². The first-order chi connectivity index (χ1) is 9.50.